The molecule has 0 radical (unpaired) electrons. The molecule has 0 saturated heterocycles. The van der Waals surface area contributed by atoms with Crippen LogP contribution in [0.25, 0.3) is 0 Å². The van der Waals surface area contributed by atoms with E-state index in [-0.39, 0.29) is 18.0 Å². The Bertz CT molecular complexity index is 1210. The summed E-state index contributed by atoms with van der Waals surface area (Å²) in [4.78, 5) is 22.1. The van der Waals surface area contributed by atoms with Crippen LogP contribution in [-0.4, -0.2) is 49.3 Å². The molecule has 5 rings (SSSR count). The van der Waals surface area contributed by atoms with Crippen molar-refractivity contribution in [2.75, 3.05) is 0 Å². The Morgan fingerprint density at radius 1 is 1.19 bits per heavy atom. The zero-order valence-electron chi connectivity index (χ0n) is 21.3. The van der Waals surface area contributed by atoms with E-state index in [4.69, 9.17) is 10.5 Å². The number of fused-ring (bicyclic) bond motifs is 1. The van der Waals surface area contributed by atoms with Gasteiger partial charge in [-0.1, -0.05) is 42.7 Å². The minimum atomic E-state index is 0.0476. The number of ether oxygens (including phenoxy) is 1. The number of hydrogen-bond donors (Lipinski definition) is 2. The Balaban J connectivity index is 1.22. The number of nitrogens with two attached hydrogens (primary N) is 1. The Hall–Kier alpha value is -3.95. The van der Waals surface area contributed by atoms with E-state index in [2.05, 4.69) is 37.4 Å². The summed E-state index contributed by atoms with van der Waals surface area (Å²) in [5.41, 5.74) is 8.26. The fourth-order valence-corrected chi connectivity index (χ4v) is 5.20. The number of para-hydroxylation sites is 1. The van der Waals surface area contributed by atoms with Crippen molar-refractivity contribution in [3.63, 3.8) is 0 Å². The lowest BCUT2D eigenvalue weighted by Gasteiger charge is -2.35. The van der Waals surface area contributed by atoms with Gasteiger partial charge in [-0.3, -0.25) is 4.79 Å². The number of aliphatic imine (C=N–C) groups is 1. The number of benzene rings is 2. The maximum absolute atomic E-state index is 13.4. The molecule has 1 aliphatic carbocycles. The van der Waals surface area contributed by atoms with Crippen LogP contribution in [0.5, 0.6) is 11.5 Å². The molecule has 0 unspecified atom stereocenters. The molecule has 1 atom stereocenters. The Kier molecular flexibility index (Phi) is 7.62. The van der Waals surface area contributed by atoms with E-state index in [1.807, 2.05) is 53.4 Å². The van der Waals surface area contributed by atoms with Crippen LogP contribution in [-0.2, 0) is 17.9 Å². The molecule has 3 aromatic rings. The fraction of sp³-hybridized carbons (Fsp3) is 0.444. The molecule has 2 aliphatic rings. The maximum Gasteiger partial charge on any atom is 0.317 e. The second-order valence-corrected chi connectivity index (χ2v) is 9.89. The van der Waals surface area contributed by atoms with Crippen molar-refractivity contribution < 1.29 is 14.6 Å². The third kappa shape index (κ3) is 6.07. The number of aromatic nitrogens is 4. The van der Waals surface area contributed by atoms with Crippen LogP contribution in [0.15, 0.2) is 53.5 Å². The third-order valence-electron chi connectivity index (χ3n) is 7.28. The minimum Gasteiger partial charge on any atom is -0.457 e. The zero-order chi connectivity index (χ0) is 25.6. The predicted molar refractivity (Wildman–Crippen MR) is 139 cm³/mol. The van der Waals surface area contributed by atoms with Gasteiger partial charge in [-0.05, 0) is 56.5 Å². The molecule has 1 aromatic heterocycles. The van der Waals surface area contributed by atoms with Gasteiger partial charge in [0.2, 0.25) is 5.91 Å². The van der Waals surface area contributed by atoms with Gasteiger partial charge in [0, 0.05) is 30.6 Å². The van der Waals surface area contributed by atoms with Gasteiger partial charge in [-0.2, -0.15) is 5.10 Å². The molecule has 37 heavy (non-hydrogen) atoms. The maximum atomic E-state index is 13.4. The van der Waals surface area contributed by atoms with Crippen molar-refractivity contribution >= 4 is 17.6 Å². The topological polar surface area (TPSA) is 127 Å². The van der Waals surface area contributed by atoms with E-state index in [9.17, 15) is 4.79 Å². The summed E-state index contributed by atoms with van der Waals surface area (Å²) in [7, 11) is 0. The zero-order valence-corrected chi connectivity index (χ0v) is 21.3. The Labute approximate surface area is 216 Å². The summed E-state index contributed by atoms with van der Waals surface area (Å²) in [6.45, 7) is 3.16. The molecule has 2 heterocycles. The van der Waals surface area contributed by atoms with E-state index < -0.39 is 0 Å². The number of H-pyrrole nitrogens is 2. The molecule has 1 aliphatic heterocycles. The number of carbonyl (C=O) groups is 1. The quantitative estimate of drug-likeness (QED) is 0.458. The molecule has 4 N–H and O–H groups in total. The molecule has 0 bridgehead atoms. The van der Waals surface area contributed by atoms with Crippen LogP contribution < -0.4 is 15.6 Å². The molecule has 1 saturated carbocycles. The molecule has 0 spiro atoms. The lowest BCUT2D eigenvalue weighted by atomic mass is 9.93. The van der Waals surface area contributed by atoms with Gasteiger partial charge in [-0.25, -0.2) is 4.99 Å². The standard InChI is InChI=1S/C27H34N8O2/c1-19(12-15-26(36)35(18-25-30-32-33-31-25)21-8-4-2-5-9-21)34-17-20-16-23(13-14-24(20)29-27(34)28)37-22-10-6-3-7-11-22/h3,6-7,10-11,13-14,16,19,21H,2,4-5,8-9,12,15,17-18H2,1H3,(H2,28,29)(H,30,31,32,33)/p+1/t19-/m1/s1. The number of guanidine groups is 1. The molecule has 2 aromatic carbocycles. The Morgan fingerprint density at radius 2 is 2.00 bits per heavy atom. The van der Waals surface area contributed by atoms with Crippen LogP contribution >= 0.6 is 0 Å². The first-order valence-electron chi connectivity index (χ1n) is 13.1. The van der Waals surface area contributed by atoms with Crippen molar-refractivity contribution in [3.05, 3.63) is 59.9 Å². The number of tetrazole rings is 1. The number of nitrogens with zero attached hydrogens (tertiary/aromatic N) is 5. The number of rotatable bonds is 9. The molecular weight excluding hydrogens is 468 g/mol. The largest absolute Gasteiger partial charge is 0.457 e. The van der Waals surface area contributed by atoms with Crippen LogP contribution in [0, 0.1) is 0 Å². The highest BCUT2D eigenvalue weighted by Crippen LogP contribution is 2.32. The van der Waals surface area contributed by atoms with E-state index in [1.54, 1.807) is 0 Å². The van der Waals surface area contributed by atoms with Gasteiger partial charge < -0.3 is 20.3 Å². The number of carbonyl (C=O) groups excluding carboxylic acids is 1. The van der Waals surface area contributed by atoms with Crippen molar-refractivity contribution in [1.29, 1.82) is 0 Å². The van der Waals surface area contributed by atoms with Gasteiger partial charge in [0.1, 0.15) is 23.1 Å². The number of amides is 1. The molecule has 1 fully saturated rings. The normalized spacial score (nSPS) is 16.6. The van der Waals surface area contributed by atoms with Crippen molar-refractivity contribution in [1.82, 2.24) is 25.3 Å². The summed E-state index contributed by atoms with van der Waals surface area (Å²) in [6, 6.07) is 15.9. The summed E-state index contributed by atoms with van der Waals surface area (Å²) in [5.74, 6) is 2.84. The van der Waals surface area contributed by atoms with Crippen LogP contribution in [0.1, 0.15) is 63.3 Å². The van der Waals surface area contributed by atoms with Gasteiger partial charge in [-0.15, -0.1) is 0 Å². The smallest absolute Gasteiger partial charge is 0.317 e. The second-order valence-electron chi connectivity index (χ2n) is 9.89. The number of aromatic amines is 2. The number of nitrogens with one attached hydrogen (secondary N) is 2. The van der Waals surface area contributed by atoms with Crippen LogP contribution in [0.2, 0.25) is 0 Å². The van der Waals surface area contributed by atoms with E-state index in [0.29, 0.717) is 37.7 Å². The average Bonchev–Trinajstić information content (AvgIpc) is 3.44. The molecule has 1 amide bonds. The van der Waals surface area contributed by atoms with Crippen LogP contribution in [0.3, 0.4) is 0 Å². The highest BCUT2D eigenvalue weighted by Gasteiger charge is 2.29. The first-order chi connectivity index (χ1) is 18.1. The first kappa shape index (κ1) is 24.7. The minimum absolute atomic E-state index is 0.0476. The van der Waals surface area contributed by atoms with E-state index in [0.717, 1.165) is 48.4 Å². The molecule has 10 nitrogen and oxygen atoms in total. The highest BCUT2D eigenvalue weighted by molar-refractivity contribution is 5.84. The van der Waals surface area contributed by atoms with Crippen molar-refractivity contribution in [3.8, 4) is 11.5 Å². The highest BCUT2D eigenvalue weighted by atomic mass is 16.5. The summed E-state index contributed by atoms with van der Waals surface area (Å²) >= 11 is 0. The van der Waals surface area contributed by atoms with Crippen molar-refractivity contribution in [2.45, 2.75) is 77.0 Å². The third-order valence-corrected chi connectivity index (χ3v) is 7.28. The Morgan fingerprint density at radius 3 is 2.76 bits per heavy atom. The molecular formula is C27H35N8O2+. The summed E-state index contributed by atoms with van der Waals surface area (Å²) in [6.07, 6.45) is 6.73. The fourth-order valence-electron chi connectivity index (χ4n) is 5.20. The average molecular weight is 504 g/mol. The van der Waals surface area contributed by atoms with Gasteiger partial charge in [0.25, 0.3) is 0 Å². The van der Waals surface area contributed by atoms with Crippen LogP contribution in [0.4, 0.5) is 5.69 Å². The van der Waals surface area contributed by atoms with E-state index >= 15 is 0 Å². The van der Waals surface area contributed by atoms with Crippen molar-refractivity contribution in [2.24, 2.45) is 10.7 Å². The van der Waals surface area contributed by atoms with Gasteiger partial charge in [0.05, 0.1) is 5.69 Å². The lowest BCUT2D eigenvalue weighted by molar-refractivity contribution is -0.468. The lowest BCUT2D eigenvalue weighted by Crippen LogP contribution is -2.45. The summed E-state index contributed by atoms with van der Waals surface area (Å²) in [5, 5.41) is 13.4. The molecule has 10 heteroatoms. The monoisotopic (exact) mass is 503 g/mol. The molecule has 194 valence electrons. The van der Waals surface area contributed by atoms with E-state index in [1.165, 1.54) is 6.42 Å². The first-order valence-corrected chi connectivity index (χ1v) is 13.1. The SMILES string of the molecule is C[C@H](CCC(=O)N(Cc1nn[nH][nH+]1)C1CCCCC1)N1Cc2cc(Oc3ccccc3)ccc2N=C1N. The van der Waals surface area contributed by atoms with Gasteiger partial charge in [0.15, 0.2) is 11.2 Å². The second kappa shape index (κ2) is 11.4. The number of hydrogen-bond acceptors (Lipinski definition) is 7. The summed E-state index contributed by atoms with van der Waals surface area (Å²) < 4.78 is 6.01. The predicted octanol–water partition coefficient (Wildman–Crippen LogP) is 3.70. The van der Waals surface area contributed by atoms with Gasteiger partial charge >= 0.3 is 5.82 Å².